The molecule has 28 heavy (non-hydrogen) atoms. The number of rotatable bonds is 8. The summed E-state index contributed by atoms with van der Waals surface area (Å²) < 4.78 is 28.5. The zero-order valence-electron chi connectivity index (χ0n) is 17.5. The number of guanidine groups is 1. The third-order valence-electron chi connectivity index (χ3n) is 5.22. The number of sulfone groups is 1. The van der Waals surface area contributed by atoms with Gasteiger partial charge < -0.3 is 15.4 Å². The minimum absolute atomic E-state index is 0. The van der Waals surface area contributed by atoms with Gasteiger partial charge in [-0.2, -0.15) is 0 Å². The highest BCUT2D eigenvalue weighted by Crippen LogP contribution is 2.13. The third kappa shape index (κ3) is 9.10. The maximum atomic E-state index is 11.5. The van der Waals surface area contributed by atoms with E-state index in [0.717, 1.165) is 58.4 Å². The highest BCUT2D eigenvalue weighted by molar-refractivity contribution is 14.0. The molecular formula is C18H38IN5O3S. The lowest BCUT2D eigenvalue weighted by atomic mass is 10.0. The predicted molar refractivity (Wildman–Crippen MR) is 126 cm³/mol. The average Bonchev–Trinajstić information content (AvgIpc) is 2.64. The molecule has 2 N–H and O–H groups in total. The maximum absolute atomic E-state index is 11.5. The predicted octanol–water partition coefficient (Wildman–Crippen LogP) is 0.247. The molecule has 166 valence electrons. The molecule has 2 rings (SSSR count). The largest absolute Gasteiger partial charge is 0.379 e. The van der Waals surface area contributed by atoms with Crippen molar-refractivity contribution in [3.05, 3.63) is 0 Å². The zero-order valence-corrected chi connectivity index (χ0v) is 20.7. The lowest BCUT2D eigenvalue weighted by Crippen LogP contribution is -2.49. The Bertz CT molecular complexity index is 554. The minimum atomic E-state index is -2.81. The fourth-order valence-corrected chi connectivity index (χ4v) is 4.77. The lowest BCUT2D eigenvalue weighted by molar-refractivity contribution is 0.00867. The van der Waals surface area contributed by atoms with Crippen LogP contribution in [0.5, 0.6) is 0 Å². The molecule has 0 radical (unpaired) electrons. The van der Waals surface area contributed by atoms with Crippen LogP contribution in [0, 0.1) is 5.92 Å². The number of nitrogens with zero attached hydrogens (tertiary/aromatic N) is 3. The third-order valence-corrected chi connectivity index (χ3v) is 6.83. The van der Waals surface area contributed by atoms with Crippen molar-refractivity contribution >= 4 is 39.8 Å². The SMILES string of the molecule is CCNC(=NCC(C(C)C)N1CCOCC1)NCCN1CCS(=O)(=O)CC1.I. The monoisotopic (exact) mass is 531 g/mol. The van der Waals surface area contributed by atoms with Crippen LogP contribution in [0.3, 0.4) is 0 Å². The molecule has 2 aliphatic heterocycles. The molecule has 0 saturated carbocycles. The summed E-state index contributed by atoms with van der Waals surface area (Å²) in [6.45, 7) is 14.5. The van der Waals surface area contributed by atoms with Crippen LogP contribution < -0.4 is 10.6 Å². The van der Waals surface area contributed by atoms with Gasteiger partial charge in [0, 0.05) is 51.9 Å². The minimum Gasteiger partial charge on any atom is -0.379 e. The normalized spacial score (nSPS) is 22.5. The molecule has 2 aliphatic rings. The quantitative estimate of drug-likeness (QED) is 0.264. The molecule has 1 atom stereocenters. The summed E-state index contributed by atoms with van der Waals surface area (Å²) in [4.78, 5) is 9.49. The van der Waals surface area contributed by atoms with E-state index in [0.29, 0.717) is 25.0 Å². The van der Waals surface area contributed by atoms with E-state index in [4.69, 9.17) is 9.73 Å². The zero-order chi connectivity index (χ0) is 19.7. The van der Waals surface area contributed by atoms with Crippen molar-refractivity contribution in [3.8, 4) is 0 Å². The lowest BCUT2D eigenvalue weighted by Gasteiger charge is -2.36. The van der Waals surface area contributed by atoms with Crippen molar-refractivity contribution in [2.24, 2.45) is 10.9 Å². The Hall–Kier alpha value is -0.170. The molecule has 0 spiro atoms. The van der Waals surface area contributed by atoms with Gasteiger partial charge in [0.2, 0.25) is 0 Å². The fourth-order valence-electron chi connectivity index (χ4n) is 3.49. The number of ether oxygens (including phenoxy) is 1. The van der Waals surface area contributed by atoms with Crippen molar-refractivity contribution in [1.82, 2.24) is 20.4 Å². The van der Waals surface area contributed by atoms with Gasteiger partial charge in [-0.25, -0.2) is 8.42 Å². The number of halogens is 1. The van der Waals surface area contributed by atoms with Gasteiger partial charge in [0.05, 0.1) is 31.3 Å². The first-order valence-corrected chi connectivity index (χ1v) is 12.0. The average molecular weight is 532 g/mol. The molecule has 0 bridgehead atoms. The van der Waals surface area contributed by atoms with Crippen molar-refractivity contribution in [2.75, 3.05) is 77.1 Å². The molecular weight excluding hydrogens is 493 g/mol. The smallest absolute Gasteiger partial charge is 0.191 e. The van der Waals surface area contributed by atoms with Crippen LogP contribution in [0.15, 0.2) is 4.99 Å². The Balaban J connectivity index is 0.00000392. The summed E-state index contributed by atoms with van der Waals surface area (Å²) in [6.07, 6.45) is 0. The molecule has 0 amide bonds. The topological polar surface area (TPSA) is 86.3 Å². The Labute approximate surface area is 187 Å². The van der Waals surface area contributed by atoms with Gasteiger partial charge in [0.25, 0.3) is 0 Å². The van der Waals surface area contributed by atoms with E-state index in [1.54, 1.807) is 0 Å². The van der Waals surface area contributed by atoms with Gasteiger partial charge in [0.15, 0.2) is 15.8 Å². The molecule has 0 aromatic heterocycles. The summed E-state index contributed by atoms with van der Waals surface area (Å²) in [5, 5.41) is 6.70. The van der Waals surface area contributed by atoms with Crippen LogP contribution in [0.2, 0.25) is 0 Å². The van der Waals surface area contributed by atoms with Crippen molar-refractivity contribution in [1.29, 1.82) is 0 Å². The Morgan fingerprint density at radius 2 is 1.75 bits per heavy atom. The number of morpholine rings is 1. The second kappa shape index (κ2) is 13.2. The number of hydrogen-bond acceptors (Lipinski definition) is 6. The van der Waals surface area contributed by atoms with Gasteiger partial charge >= 0.3 is 0 Å². The Morgan fingerprint density at radius 3 is 2.32 bits per heavy atom. The first-order valence-electron chi connectivity index (χ1n) is 10.2. The highest BCUT2D eigenvalue weighted by atomic mass is 127. The summed E-state index contributed by atoms with van der Waals surface area (Å²) in [5.74, 6) is 1.92. The van der Waals surface area contributed by atoms with E-state index in [2.05, 4.69) is 41.2 Å². The van der Waals surface area contributed by atoms with Crippen LogP contribution in [-0.4, -0.2) is 107 Å². The Morgan fingerprint density at radius 1 is 1.11 bits per heavy atom. The molecule has 0 aliphatic carbocycles. The van der Waals surface area contributed by atoms with E-state index in [1.165, 1.54) is 0 Å². The molecule has 0 aromatic carbocycles. The van der Waals surface area contributed by atoms with Gasteiger partial charge in [-0.1, -0.05) is 13.8 Å². The summed E-state index contributed by atoms with van der Waals surface area (Å²) >= 11 is 0. The van der Waals surface area contributed by atoms with Crippen molar-refractivity contribution in [2.45, 2.75) is 26.8 Å². The first-order chi connectivity index (χ1) is 12.9. The summed E-state index contributed by atoms with van der Waals surface area (Å²) in [6, 6.07) is 0.414. The molecule has 1 unspecified atom stereocenters. The van der Waals surface area contributed by atoms with Crippen LogP contribution >= 0.6 is 24.0 Å². The van der Waals surface area contributed by atoms with Crippen molar-refractivity contribution in [3.63, 3.8) is 0 Å². The maximum Gasteiger partial charge on any atom is 0.191 e. The van der Waals surface area contributed by atoms with Crippen LogP contribution in [0.25, 0.3) is 0 Å². The van der Waals surface area contributed by atoms with E-state index in [9.17, 15) is 8.42 Å². The molecule has 0 aromatic rings. The van der Waals surface area contributed by atoms with E-state index >= 15 is 0 Å². The fraction of sp³-hybridized carbons (Fsp3) is 0.944. The van der Waals surface area contributed by atoms with Gasteiger partial charge in [-0.3, -0.25) is 14.8 Å². The second-order valence-corrected chi connectivity index (χ2v) is 9.90. The van der Waals surface area contributed by atoms with Gasteiger partial charge in [-0.05, 0) is 12.8 Å². The molecule has 2 saturated heterocycles. The summed E-state index contributed by atoms with van der Waals surface area (Å²) in [5.41, 5.74) is 0. The van der Waals surface area contributed by atoms with E-state index < -0.39 is 9.84 Å². The summed E-state index contributed by atoms with van der Waals surface area (Å²) in [7, 11) is -2.81. The van der Waals surface area contributed by atoms with Gasteiger partial charge in [0.1, 0.15) is 0 Å². The number of aliphatic imine (C=N–C) groups is 1. The Kier molecular flexibility index (Phi) is 12.2. The molecule has 8 nitrogen and oxygen atoms in total. The number of hydrogen-bond donors (Lipinski definition) is 2. The van der Waals surface area contributed by atoms with Crippen LogP contribution in [0.1, 0.15) is 20.8 Å². The van der Waals surface area contributed by atoms with E-state index in [1.807, 2.05) is 0 Å². The van der Waals surface area contributed by atoms with Crippen LogP contribution in [-0.2, 0) is 14.6 Å². The van der Waals surface area contributed by atoms with Gasteiger partial charge in [-0.15, -0.1) is 24.0 Å². The first kappa shape index (κ1) is 25.9. The molecule has 2 fully saturated rings. The van der Waals surface area contributed by atoms with Crippen LogP contribution in [0.4, 0.5) is 0 Å². The molecule has 2 heterocycles. The number of nitrogens with one attached hydrogen (secondary N) is 2. The highest BCUT2D eigenvalue weighted by Gasteiger charge is 2.24. The molecule has 10 heteroatoms. The van der Waals surface area contributed by atoms with E-state index in [-0.39, 0.29) is 35.5 Å². The standard InChI is InChI=1S/C18H37N5O3S.HI/c1-4-19-18(20-5-6-22-9-13-27(24,25)14-10-22)21-15-17(16(2)3)23-7-11-26-12-8-23;/h16-17H,4-15H2,1-3H3,(H2,19,20,21);1H. The second-order valence-electron chi connectivity index (χ2n) is 7.60. The van der Waals surface area contributed by atoms with Crippen molar-refractivity contribution < 1.29 is 13.2 Å².